The second-order valence-corrected chi connectivity index (χ2v) is 11.5. The van der Waals surface area contributed by atoms with Gasteiger partial charge in [0.15, 0.2) is 5.13 Å². The van der Waals surface area contributed by atoms with Gasteiger partial charge >= 0.3 is 5.97 Å². The average Bonchev–Trinajstić information content (AvgIpc) is 3.36. The fourth-order valence-electron chi connectivity index (χ4n) is 3.30. The van der Waals surface area contributed by atoms with Crippen molar-refractivity contribution in [1.82, 2.24) is 4.98 Å². The Morgan fingerprint density at radius 1 is 0.846 bits per heavy atom. The number of carboxylic acid groups (broad SMARTS) is 1. The first-order valence-electron chi connectivity index (χ1n) is 10.7. The monoisotopic (exact) mass is 659 g/mol. The fraction of sp³-hybridized carbons (Fsp3) is 0.0400. The number of benzene rings is 3. The number of nitrogens with zero attached hydrogens (tertiary/aromatic N) is 1. The van der Waals surface area contributed by atoms with Gasteiger partial charge in [0.05, 0.1) is 42.7 Å². The molecule has 4 aromatic rings. The molecule has 0 fully saturated rings. The largest absolute Gasteiger partial charge is 0.478 e. The van der Waals surface area contributed by atoms with E-state index in [9.17, 15) is 19.5 Å². The maximum atomic E-state index is 12.9. The zero-order chi connectivity index (χ0) is 28.3. The minimum atomic E-state index is -1.49. The molecule has 0 aliphatic heterocycles. The first kappa shape index (κ1) is 29.5. The van der Waals surface area contributed by atoms with E-state index < -0.39 is 28.0 Å². The summed E-state index contributed by atoms with van der Waals surface area (Å²) >= 11 is 32.9. The number of nitrogens with one attached hydrogen (secondary N) is 2. The van der Waals surface area contributed by atoms with Crippen LogP contribution in [0.25, 0.3) is 11.3 Å². The van der Waals surface area contributed by atoms with Crippen LogP contribution in [0, 0.1) is 0 Å². The van der Waals surface area contributed by atoms with Gasteiger partial charge in [-0.05, 0) is 30.3 Å². The molecule has 39 heavy (non-hydrogen) atoms. The molecule has 3 aromatic carbocycles. The highest BCUT2D eigenvalue weighted by Crippen LogP contribution is 2.42. The number of carbonyl (C=O) groups excluding carboxylic acids is 2. The molecule has 0 saturated carbocycles. The van der Waals surface area contributed by atoms with Gasteiger partial charge in [-0.3, -0.25) is 9.59 Å². The molecule has 200 valence electrons. The Bertz CT molecular complexity index is 1600. The molecule has 14 heteroatoms. The van der Waals surface area contributed by atoms with Gasteiger partial charge in [0.25, 0.3) is 5.91 Å². The van der Waals surface area contributed by atoms with Crippen molar-refractivity contribution >= 4 is 110 Å². The third kappa shape index (κ3) is 6.81. The summed E-state index contributed by atoms with van der Waals surface area (Å²) in [5, 5.41) is 16.5. The van der Waals surface area contributed by atoms with Crippen molar-refractivity contribution in [3.8, 4) is 11.3 Å². The van der Waals surface area contributed by atoms with Gasteiger partial charge < -0.3 is 15.7 Å². The van der Waals surface area contributed by atoms with Crippen molar-refractivity contribution in [2.75, 3.05) is 16.4 Å². The lowest BCUT2D eigenvalue weighted by Gasteiger charge is -2.14. The molecular weight excluding hydrogens is 648 g/mol. The highest BCUT2D eigenvalue weighted by atomic mass is 35.5. The lowest BCUT2D eigenvalue weighted by atomic mass is 10.1. The van der Waals surface area contributed by atoms with E-state index in [4.69, 9.17) is 58.0 Å². The summed E-state index contributed by atoms with van der Waals surface area (Å²) in [5.41, 5.74) is 0.815. The maximum absolute atomic E-state index is 12.9. The normalized spacial score (nSPS) is 10.8. The second-order valence-electron chi connectivity index (χ2n) is 7.64. The lowest BCUT2D eigenvalue weighted by Crippen LogP contribution is -2.18. The van der Waals surface area contributed by atoms with Crippen molar-refractivity contribution in [2.45, 2.75) is 4.90 Å². The summed E-state index contributed by atoms with van der Waals surface area (Å²) in [6, 6.07) is 13.9. The van der Waals surface area contributed by atoms with Crippen LogP contribution in [0.2, 0.25) is 25.1 Å². The van der Waals surface area contributed by atoms with Gasteiger partial charge in [-0.2, -0.15) is 0 Å². The molecule has 0 aliphatic carbocycles. The van der Waals surface area contributed by atoms with E-state index in [0.29, 0.717) is 21.5 Å². The number of carboxylic acids is 1. The molecule has 0 unspecified atom stereocenters. The molecule has 3 N–H and O–H groups in total. The van der Waals surface area contributed by atoms with Crippen molar-refractivity contribution in [2.24, 2.45) is 0 Å². The van der Waals surface area contributed by atoms with E-state index in [0.717, 1.165) is 10.5 Å². The van der Waals surface area contributed by atoms with Gasteiger partial charge in [0.2, 0.25) is 5.91 Å². The minimum Gasteiger partial charge on any atom is -0.478 e. The number of anilines is 2. The lowest BCUT2D eigenvalue weighted by molar-refractivity contribution is -0.113. The number of thiazole rings is 1. The summed E-state index contributed by atoms with van der Waals surface area (Å²) < 4.78 is 0. The van der Waals surface area contributed by atoms with Crippen LogP contribution in [0.3, 0.4) is 0 Å². The molecule has 1 heterocycles. The van der Waals surface area contributed by atoms with Crippen molar-refractivity contribution in [1.29, 1.82) is 0 Å². The predicted molar refractivity (Wildman–Crippen MR) is 160 cm³/mol. The van der Waals surface area contributed by atoms with E-state index in [1.54, 1.807) is 30.3 Å². The number of carbonyl (C=O) groups is 3. The molecular formula is C25H14Cl5N3O4S2. The zero-order valence-corrected chi connectivity index (χ0v) is 24.6. The molecule has 0 bridgehead atoms. The highest BCUT2D eigenvalue weighted by molar-refractivity contribution is 8.00. The SMILES string of the molecule is O=C(CSc1ccc(NC(=O)c2c(Cl)c(Cl)c(Cl)c(Cl)c2C(=O)O)cc1)Nc1nc(-c2ccccc2Cl)cs1. The van der Waals surface area contributed by atoms with Crippen LogP contribution >= 0.6 is 81.1 Å². The predicted octanol–water partition coefficient (Wildman–Crippen LogP) is 8.76. The van der Waals surface area contributed by atoms with E-state index in [1.165, 1.54) is 23.1 Å². The molecule has 1 aromatic heterocycles. The van der Waals surface area contributed by atoms with E-state index >= 15 is 0 Å². The van der Waals surface area contributed by atoms with Crippen LogP contribution in [-0.2, 0) is 4.79 Å². The maximum Gasteiger partial charge on any atom is 0.338 e. The summed E-state index contributed by atoms with van der Waals surface area (Å²) in [4.78, 5) is 42.2. The topological polar surface area (TPSA) is 108 Å². The third-order valence-electron chi connectivity index (χ3n) is 5.09. The van der Waals surface area contributed by atoms with Gasteiger partial charge in [0.1, 0.15) is 0 Å². The van der Waals surface area contributed by atoms with E-state index in [2.05, 4.69) is 15.6 Å². The van der Waals surface area contributed by atoms with Crippen LogP contribution in [-0.4, -0.2) is 33.6 Å². The number of hydrogen-bond acceptors (Lipinski definition) is 6. The third-order valence-corrected chi connectivity index (χ3v) is 8.99. The Morgan fingerprint density at radius 2 is 1.49 bits per heavy atom. The summed E-state index contributed by atoms with van der Waals surface area (Å²) in [5.74, 6) is -2.46. The van der Waals surface area contributed by atoms with Gasteiger partial charge in [-0.1, -0.05) is 76.2 Å². The molecule has 0 radical (unpaired) electrons. The van der Waals surface area contributed by atoms with Crippen LogP contribution in [0.1, 0.15) is 20.7 Å². The standard InChI is InChI=1S/C25H14Cl5N3O4S2/c26-14-4-2-1-3-13(14)15-9-39-25(32-15)33-16(34)10-38-12-7-5-11(6-8-12)31-23(35)17-18(24(36)37)20(28)22(30)21(29)19(17)27/h1-9H,10H2,(H,31,35)(H,36,37)(H,32,33,34). The van der Waals surface area contributed by atoms with E-state index in [-0.39, 0.29) is 26.7 Å². The van der Waals surface area contributed by atoms with Crippen molar-refractivity contribution in [3.63, 3.8) is 0 Å². The number of thioether (sulfide) groups is 1. The Kier molecular flexibility index (Phi) is 9.66. The van der Waals surface area contributed by atoms with Gasteiger partial charge in [0, 0.05) is 26.5 Å². The van der Waals surface area contributed by atoms with Crippen LogP contribution in [0.15, 0.2) is 58.8 Å². The number of halogens is 5. The average molecular weight is 662 g/mol. The Morgan fingerprint density at radius 3 is 2.13 bits per heavy atom. The first-order chi connectivity index (χ1) is 18.6. The number of amides is 2. The van der Waals surface area contributed by atoms with E-state index in [1.807, 2.05) is 23.6 Å². The second kappa shape index (κ2) is 12.8. The number of aromatic carboxylic acids is 1. The number of hydrogen-bond donors (Lipinski definition) is 3. The number of aromatic nitrogens is 1. The Labute approximate surface area is 255 Å². The Balaban J connectivity index is 1.37. The zero-order valence-electron chi connectivity index (χ0n) is 19.2. The van der Waals surface area contributed by atoms with Crippen LogP contribution in [0.5, 0.6) is 0 Å². The molecule has 7 nitrogen and oxygen atoms in total. The van der Waals surface area contributed by atoms with Crippen molar-refractivity contribution in [3.05, 3.63) is 90.2 Å². The molecule has 2 amide bonds. The van der Waals surface area contributed by atoms with Gasteiger partial charge in [-0.15, -0.1) is 23.1 Å². The molecule has 0 aliphatic rings. The molecule has 0 spiro atoms. The summed E-state index contributed by atoms with van der Waals surface area (Å²) in [7, 11) is 0. The minimum absolute atomic E-state index is 0.117. The molecule has 4 rings (SSSR count). The Hall–Kier alpha value is -2.50. The fourth-order valence-corrected chi connectivity index (χ4v) is 5.98. The smallest absolute Gasteiger partial charge is 0.338 e. The summed E-state index contributed by atoms with van der Waals surface area (Å²) in [6.07, 6.45) is 0. The van der Waals surface area contributed by atoms with Gasteiger partial charge in [-0.25, -0.2) is 9.78 Å². The van der Waals surface area contributed by atoms with Crippen molar-refractivity contribution < 1.29 is 19.5 Å². The highest BCUT2D eigenvalue weighted by Gasteiger charge is 2.29. The number of rotatable bonds is 8. The van der Waals surface area contributed by atoms with Crippen LogP contribution in [0.4, 0.5) is 10.8 Å². The van der Waals surface area contributed by atoms with Crippen LogP contribution < -0.4 is 10.6 Å². The quantitative estimate of drug-likeness (QED) is 0.0990. The first-order valence-corrected chi connectivity index (χ1v) is 14.5. The molecule has 0 saturated heterocycles. The summed E-state index contributed by atoms with van der Waals surface area (Å²) in [6.45, 7) is 0. The molecule has 0 atom stereocenters.